The SMILES string of the molecule is C[n+]1ccn(CC(=O)Nc2ccc3nc4c5[nH]c6ccccc6c5ccn4c(=O)c3c2)c1.[I-]. The summed E-state index contributed by atoms with van der Waals surface area (Å²) in [4.78, 5) is 33.8. The summed E-state index contributed by atoms with van der Waals surface area (Å²) in [5.41, 5.74) is 3.36. The van der Waals surface area contributed by atoms with E-state index in [1.807, 2.05) is 60.7 Å². The van der Waals surface area contributed by atoms with Gasteiger partial charge in [-0.15, -0.1) is 0 Å². The minimum Gasteiger partial charge on any atom is -1.00 e. The van der Waals surface area contributed by atoms with Crippen LogP contribution in [0.5, 0.6) is 0 Å². The number of para-hydroxylation sites is 1. The molecule has 4 heterocycles. The number of rotatable bonds is 3. The highest BCUT2D eigenvalue weighted by Crippen LogP contribution is 2.27. The molecule has 2 N–H and O–H groups in total. The van der Waals surface area contributed by atoms with Crippen LogP contribution in [0.15, 0.2) is 78.2 Å². The minimum absolute atomic E-state index is 0. The maximum atomic E-state index is 13.3. The molecule has 0 aliphatic heterocycles. The maximum Gasteiger partial charge on any atom is 0.266 e. The van der Waals surface area contributed by atoms with Crippen LogP contribution in [-0.2, 0) is 18.4 Å². The fourth-order valence-corrected chi connectivity index (χ4v) is 4.21. The molecule has 33 heavy (non-hydrogen) atoms. The summed E-state index contributed by atoms with van der Waals surface area (Å²) in [6.45, 7) is 0.187. The van der Waals surface area contributed by atoms with Crippen molar-refractivity contribution in [2.24, 2.45) is 7.05 Å². The predicted octanol–water partition coefficient (Wildman–Crippen LogP) is -0.249. The van der Waals surface area contributed by atoms with Gasteiger partial charge in [0.25, 0.3) is 11.5 Å². The van der Waals surface area contributed by atoms with Gasteiger partial charge < -0.3 is 34.3 Å². The summed E-state index contributed by atoms with van der Waals surface area (Å²) in [5, 5.41) is 5.42. The third-order valence-corrected chi connectivity index (χ3v) is 5.69. The van der Waals surface area contributed by atoms with Crippen molar-refractivity contribution >= 4 is 50.0 Å². The van der Waals surface area contributed by atoms with Gasteiger partial charge in [-0.3, -0.25) is 14.0 Å². The van der Waals surface area contributed by atoms with E-state index in [0.29, 0.717) is 22.2 Å². The van der Waals surface area contributed by atoms with Gasteiger partial charge in [-0.25, -0.2) is 14.1 Å². The Bertz CT molecular complexity index is 1750. The molecule has 0 saturated carbocycles. The highest BCUT2D eigenvalue weighted by molar-refractivity contribution is 6.11. The average molecular weight is 550 g/mol. The van der Waals surface area contributed by atoms with Gasteiger partial charge in [0.1, 0.15) is 12.4 Å². The van der Waals surface area contributed by atoms with Crippen LogP contribution >= 0.6 is 0 Å². The van der Waals surface area contributed by atoms with Gasteiger partial charge >= 0.3 is 0 Å². The molecule has 0 spiro atoms. The minimum atomic E-state index is -0.181. The molecule has 0 aliphatic rings. The molecule has 0 unspecified atom stereocenters. The number of hydrogen-bond donors (Lipinski definition) is 2. The van der Waals surface area contributed by atoms with Crippen LogP contribution in [0.1, 0.15) is 0 Å². The van der Waals surface area contributed by atoms with Crippen molar-refractivity contribution in [2.45, 2.75) is 6.54 Å². The Kier molecular flexibility index (Phi) is 5.12. The number of fused-ring (bicyclic) bond motifs is 6. The van der Waals surface area contributed by atoms with E-state index in [1.54, 1.807) is 33.4 Å². The average Bonchev–Trinajstić information content (AvgIpc) is 3.37. The van der Waals surface area contributed by atoms with Crippen molar-refractivity contribution in [1.82, 2.24) is 18.9 Å². The molecule has 8 nitrogen and oxygen atoms in total. The number of carbonyl (C=O) groups is 1. The van der Waals surface area contributed by atoms with Crippen LogP contribution in [0, 0.1) is 0 Å². The number of halogens is 1. The molecule has 1 amide bonds. The number of benzene rings is 2. The number of anilines is 1. The van der Waals surface area contributed by atoms with Crippen molar-refractivity contribution < 1.29 is 33.3 Å². The van der Waals surface area contributed by atoms with Gasteiger partial charge in [-0.2, -0.15) is 0 Å². The summed E-state index contributed by atoms with van der Waals surface area (Å²) >= 11 is 0. The second kappa shape index (κ2) is 8.00. The molecule has 9 heteroatoms. The highest BCUT2D eigenvalue weighted by atomic mass is 127. The molecular formula is C24H19IN6O2. The highest BCUT2D eigenvalue weighted by Gasteiger charge is 2.14. The molecule has 0 aliphatic carbocycles. The first-order chi connectivity index (χ1) is 15.6. The fraction of sp³-hybridized carbons (Fsp3) is 0.0833. The van der Waals surface area contributed by atoms with E-state index in [2.05, 4.69) is 10.3 Å². The van der Waals surface area contributed by atoms with E-state index >= 15 is 0 Å². The Morgan fingerprint density at radius 1 is 1.09 bits per heavy atom. The monoisotopic (exact) mass is 550 g/mol. The number of aromatic amines is 1. The molecule has 164 valence electrons. The van der Waals surface area contributed by atoms with Crippen LogP contribution in [0.25, 0.3) is 38.4 Å². The van der Waals surface area contributed by atoms with E-state index in [-0.39, 0.29) is 42.0 Å². The number of amides is 1. The zero-order chi connectivity index (χ0) is 21.8. The maximum absolute atomic E-state index is 13.3. The number of aryl methyl sites for hydroxylation is 1. The first-order valence-corrected chi connectivity index (χ1v) is 10.2. The Morgan fingerprint density at radius 2 is 1.94 bits per heavy atom. The molecule has 6 aromatic rings. The Balaban J connectivity index is 0.00000228. The van der Waals surface area contributed by atoms with E-state index in [9.17, 15) is 9.59 Å². The lowest BCUT2D eigenvalue weighted by Gasteiger charge is -2.07. The van der Waals surface area contributed by atoms with Gasteiger partial charge in [0.05, 0.1) is 23.5 Å². The molecule has 6 rings (SSSR count). The summed E-state index contributed by atoms with van der Waals surface area (Å²) < 4.78 is 5.20. The number of nitrogens with one attached hydrogen (secondary N) is 2. The van der Waals surface area contributed by atoms with Crippen molar-refractivity contribution in [3.8, 4) is 0 Å². The third kappa shape index (κ3) is 3.54. The van der Waals surface area contributed by atoms with Crippen LogP contribution in [-0.4, -0.2) is 24.8 Å². The van der Waals surface area contributed by atoms with Crippen LogP contribution in [0.4, 0.5) is 5.69 Å². The lowest BCUT2D eigenvalue weighted by molar-refractivity contribution is -0.671. The smallest absolute Gasteiger partial charge is 0.266 e. The normalized spacial score (nSPS) is 11.3. The Labute approximate surface area is 204 Å². The first-order valence-electron chi connectivity index (χ1n) is 10.2. The van der Waals surface area contributed by atoms with Gasteiger partial charge in [0.15, 0.2) is 12.2 Å². The Hall–Kier alpha value is -3.73. The van der Waals surface area contributed by atoms with Crippen molar-refractivity contribution in [3.05, 3.63) is 83.8 Å². The summed E-state index contributed by atoms with van der Waals surface area (Å²) in [6.07, 6.45) is 7.27. The molecule has 0 saturated heterocycles. The predicted molar refractivity (Wildman–Crippen MR) is 123 cm³/mol. The number of hydrogen-bond acceptors (Lipinski definition) is 3. The molecule has 0 bridgehead atoms. The molecule has 0 atom stereocenters. The second-order valence-electron chi connectivity index (χ2n) is 7.92. The van der Waals surface area contributed by atoms with Gasteiger partial charge in [0.2, 0.25) is 6.33 Å². The largest absolute Gasteiger partial charge is 1.00 e. The number of imidazole rings is 1. The number of pyridine rings is 1. The van der Waals surface area contributed by atoms with Crippen molar-refractivity contribution in [2.75, 3.05) is 5.32 Å². The van der Waals surface area contributed by atoms with Gasteiger partial charge in [0, 0.05) is 28.2 Å². The number of H-pyrrole nitrogens is 1. The standard InChI is InChI=1S/C24H18N6O2.HI/c1-28-10-11-29(14-28)13-21(31)25-15-6-7-20-18(12-15)24(32)30-9-8-17-16-4-2-3-5-19(16)26-22(17)23(30)27-20;/h2-12,14H,13H2,1H3,(H-,25,26,27,31,32);1H. The Morgan fingerprint density at radius 3 is 2.76 bits per heavy atom. The molecular weight excluding hydrogens is 531 g/mol. The zero-order valence-corrected chi connectivity index (χ0v) is 19.8. The molecule has 4 aromatic heterocycles. The second-order valence-corrected chi connectivity index (χ2v) is 7.92. The van der Waals surface area contributed by atoms with E-state index < -0.39 is 0 Å². The lowest BCUT2D eigenvalue weighted by Crippen LogP contribution is -3.00. The van der Waals surface area contributed by atoms with Crippen molar-refractivity contribution in [3.63, 3.8) is 0 Å². The quantitative estimate of drug-likeness (QED) is 0.181. The first kappa shape index (κ1) is 21.1. The lowest BCUT2D eigenvalue weighted by atomic mass is 10.2. The number of nitrogens with zero attached hydrogens (tertiary/aromatic N) is 4. The summed E-state index contributed by atoms with van der Waals surface area (Å²) in [7, 11) is 1.89. The van der Waals surface area contributed by atoms with Crippen molar-refractivity contribution in [1.29, 1.82) is 0 Å². The molecule has 0 fully saturated rings. The number of carbonyl (C=O) groups excluding carboxylic acids is 1. The zero-order valence-electron chi connectivity index (χ0n) is 17.6. The van der Waals surface area contributed by atoms with Gasteiger partial charge in [-0.05, 0) is 30.3 Å². The van der Waals surface area contributed by atoms with E-state index in [0.717, 1.165) is 21.8 Å². The summed E-state index contributed by atoms with van der Waals surface area (Å²) in [5.74, 6) is -0.172. The topological polar surface area (TPSA) is 88.1 Å². The molecule has 0 radical (unpaired) electrons. The van der Waals surface area contributed by atoms with Crippen LogP contribution in [0.2, 0.25) is 0 Å². The summed E-state index contributed by atoms with van der Waals surface area (Å²) in [6, 6.07) is 15.2. The van der Waals surface area contributed by atoms with E-state index in [4.69, 9.17) is 4.98 Å². The van der Waals surface area contributed by atoms with Crippen LogP contribution < -0.4 is 39.4 Å². The number of aromatic nitrogens is 5. The molecule has 2 aromatic carbocycles. The third-order valence-electron chi connectivity index (χ3n) is 5.69. The van der Waals surface area contributed by atoms with Crippen LogP contribution in [0.3, 0.4) is 0 Å². The fourth-order valence-electron chi connectivity index (χ4n) is 4.21. The van der Waals surface area contributed by atoms with E-state index in [1.165, 1.54) is 0 Å². The van der Waals surface area contributed by atoms with Gasteiger partial charge in [-0.1, -0.05) is 18.2 Å².